The molecule has 0 N–H and O–H groups in total. The number of aromatic nitrogens is 6. The highest BCUT2D eigenvalue weighted by Crippen LogP contribution is 2.44. The van der Waals surface area contributed by atoms with Crippen LogP contribution >= 0.6 is 0 Å². The smallest absolute Gasteiger partial charge is 0.0802 e. The molecule has 334 valence electrons. The summed E-state index contributed by atoms with van der Waals surface area (Å²) in [6.07, 6.45) is 13.4. The first-order chi connectivity index (χ1) is 35.7. The Morgan fingerprint density at radius 2 is 0.597 bits per heavy atom. The zero-order chi connectivity index (χ0) is 47.5. The second-order valence-corrected chi connectivity index (χ2v) is 18.2. The lowest BCUT2D eigenvalue weighted by atomic mass is 9.86. The lowest BCUT2D eigenvalue weighted by molar-refractivity contribution is 1.28. The molecule has 6 heteroatoms. The largest absolute Gasteiger partial charge is 0.264 e. The summed E-state index contributed by atoms with van der Waals surface area (Å²) >= 11 is 0. The van der Waals surface area contributed by atoms with Crippen molar-refractivity contribution in [1.82, 2.24) is 29.9 Å². The number of nitrogens with zero attached hydrogens (tertiary/aromatic N) is 6. The molecule has 6 nitrogen and oxygen atoms in total. The van der Waals surface area contributed by atoms with Crippen molar-refractivity contribution in [2.24, 2.45) is 0 Å². The van der Waals surface area contributed by atoms with Gasteiger partial charge in [0.1, 0.15) is 0 Å². The van der Waals surface area contributed by atoms with E-state index in [1.807, 2.05) is 61.4 Å². The van der Waals surface area contributed by atoms with E-state index in [0.29, 0.717) is 0 Å². The molecule has 0 aliphatic carbocycles. The van der Waals surface area contributed by atoms with Gasteiger partial charge in [0.2, 0.25) is 0 Å². The maximum atomic E-state index is 5.22. The highest BCUT2D eigenvalue weighted by atomic mass is 14.7. The van der Waals surface area contributed by atoms with Crippen LogP contribution in [0.5, 0.6) is 0 Å². The number of fused-ring (bicyclic) bond motifs is 12. The molecule has 0 unspecified atom stereocenters. The van der Waals surface area contributed by atoms with Crippen LogP contribution in [0.2, 0.25) is 0 Å². The zero-order valence-corrected chi connectivity index (χ0v) is 38.8. The highest BCUT2D eigenvalue weighted by Gasteiger charge is 2.19. The predicted octanol–water partition coefficient (Wildman–Crippen LogP) is 16.6. The van der Waals surface area contributed by atoms with E-state index in [2.05, 4.69) is 181 Å². The minimum absolute atomic E-state index is 0.879. The molecule has 14 aromatic rings. The molecule has 0 aliphatic rings. The van der Waals surface area contributed by atoms with Gasteiger partial charge in [-0.1, -0.05) is 127 Å². The van der Waals surface area contributed by atoms with Crippen molar-refractivity contribution in [3.63, 3.8) is 0 Å². The number of benzene rings is 8. The lowest BCUT2D eigenvalue weighted by Gasteiger charge is -2.18. The van der Waals surface area contributed by atoms with E-state index in [-0.39, 0.29) is 0 Å². The van der Waals surface area contributed by atoms with Crippen LogP contribution in [0.3, 0.4) is 0 Å². The fourth-order valence-electron chi connectivity index (χ4n) is 10.8. The Kier molecular flexibility index (Phi) is 9.74. The molecule has 0 saturated carbocycles. The van der Waals surface area contributed by atoms with Gasteiger partial charge in [-0.25, -0.2) is 0 Å². The molecular formula is C66H40N6. The van der Waals surface area contributed by atoms with Gasteiger partial charge < -0.3 is 0 Å². The molecule has 8 aromatic carbocycles. The molecule has 0 amide bonds. The highest BCUT2D eigenvalue weighted by molar-refractivity contribution is 6.24. The van der Waals surface area contributed by atoms with Crippen LogP contribution in [0.1, 0.15) is 0 Å². The SMILES string of the molecule is c1cncc(-c2ccc(-c3ccccc3-c3cc(-c4ccccc4-c4cnc5c(c4)c4ccccc4c4ncccc45)cc(-c4ccccc4-c4cnc5c(c4)c4ccccc4c4ncccc45)c3)cn2)c1. The number of rotatable bonds is 7. The standard InChI is InChI=1S/C66H40N6/c1-2-16-49(48(15-1)41-27-28-62(70-38-41)42-14-11-29-67-37-42)43-32-44(50-17-3-5-19-52(50)46-35-60-54-21-7-9-23-56(54)63-58(25-12-30-68-63)65(60)71-39-46)34-45(33-43)51-18-4-6-20-53(51)47-36-61-55-22-8-10-24-57(55)64-59(26-13-31-69-64)66(61)72-40-47/h1-40H. The third-order valence-corrected chi connectivity index (χ3v) is 14.1. The Bertz CT molecular complexity index is 4160. The quantitative estimate of drug-likeness (QED) is 0.148. The fourth-order valence-corrected chi connectivity index (χ4v) is 10.8. The zero-order valence-electron chi connectivity index (χ0n) is 38.8. The summed E-state index contributed by atoms with van der Waals surface area (Å²) in [5, 5.41) is 8.78. The Morgan fingerprint density at radius 3 is 1.04 bits per heavy atom. The minimum Gasteiger partial charge on any atom is -0.264 e. The predicted molar refractivity (Wildman–Crippen MR) is 296 cm³/mol. The van der Waals surface area contributed by atoms with Crippen LogP contribution in [0, 0.1) is 0 Å². The molecule has 0 radical (unpaired) electrons. The van der Waals surface area contributed by atoms with E-state index >= 15 is 0 Å². The van der Waals surface area contributed by atoms with Gasteiger partial charge in [-0.15, -0.1) is 0 Å². The van der Waals surface area contributed by atoms with E-state index in [9.17, 15) is 0 Å². The summed E-state index contributed by atoms with van der Waals surface area (Å²) < 4.78 is 0. The van der Waals surface area contributed by atoms with Crippen molar-refractivity contribution in [2.45, 2.75) is 0 Å². The van der Waals surface area contributed by atoms with E-state index in [0.717, 1.165) is 143 Å². The van der Waals surface area contributed by atoms with Crippen molar-refractivity contribution in [1.29, 1.82) is 0 Å². The van der Waals surface area contributed by atoms with E-state index in [1.54, 1.807) is 6.20 Å². The van der Waals surface area contributed by atoms with Crippen molar-refractivity contribution in [2.75, 3.05) is 0 Å². The summed E-state index contributed by atoms with van der Waals surface area (Å²) in [7, 11) is 0. The molecule has 0 aliphatic heterocycles. The number of pyridine rings is 6. The van der Waals surface area contributed by atoms with Gasteiger partial charge in [0.25, 0.3) is 0 Å². The normalized spacial score (nSPS) is 11.6. The fraction of sp³-hybridized carbons (Fsp3) is 0. The molecule has 6 aromatic heterocycles. The monoisotopic (exact) mass is 916 g/mol. The minimum atomic E-state index is 0.879. The maximum absolute atomic E-state index is 5.22. The Balaban J connectivity index is 0.977. The third-order valence-electron chi connectivity index (χ3n) is 14.1. The Hall–Kier alpha value is -9.78. The van der Waals surface area contributed by atoms with Gasteiger partial charge in [0, 0.05) is 97.9 Å². The number of hydrogen-bond acceptors (Lipinski definition) is 6. The lowest BCUT2D eigenvalue weighted by Crippen LogP contribution is -1.94. The summed E-state index contributed by atoms with van der Waals surface area (Å²) in [6, 6.07) is 71.2. The van der Waals surface area contributed by atoms with E-state index in [4.69, 9.17) is 24.9 Å². The average molecular weight is 917 g/mol. The molecule has 0 bridgehead atoms. The van der Waals surface area contributed by atoms with E-state index < -0.39 is 0 Å². The number of hydrogen-bond donors (Lipinski definition) is 0. The van der Waals surface area contributed by atoms with Gasteiger partial charge in [-0.05, 0) is 134 Å². The second-order valence-electron chi connectivity index (χ2n) is 18.2. The van der Waals surface area contributed by atoms with Crippen molar-refractivity contribution < 1.29 is 0 Å². The van der Waals surface area contributed by atoms with Crippen LogP contribution in [0.15, 0.2) is 244 Å². The molecular weight excluding hydrogens is 877 g/mol. The maximum Gasteiger partial charge on any atom is 0.0802 e. The average Bonchev–Trinajstić information content (AvgIpc) is 3.47. The molecule has 0 atom stereocenters. The van der Waals surface area contributed by atoms with Crippen molar-refractivity contribution >= 4 is 65.2 Å². The Labute approximate surface area is 414 Å². The van der Waals surface area contributed by atoms with Crippen LogP contribution in [0.25, 0.3) is 143 Å². The van der Waals surface area contributed by atoms with Gasteiger partial charge >= 0.3 is 0 Å². The first-order valence-electron chi connectivity index (χ1n) is 24.1. The molecule has 0 spiro atoms. The van der Waals surface area contributed by atoms with Gasteiger partial charge in [0.05, 0.1) is 27.8 Å². The van der Waals surface area contributed by atoms with Crippen LogP contribution in [-0.2, 0) is 0 Å². The summed E-state index contributed by atoms with van der Waals surface area (Å²) in [5.41, 5.74) is 18.6. The molecule has 72 heavy (non-hydrogen) atoms. The van der Waals surface area contributed by atoms with Crippen LogP contribution in [-0.4, -0.2) is 29.9 Å². The first-order valence-corrected chi connectivity index (χ1v) is 24.1. The Morgan fingerprint density at radius 1 is 0.208 bits per heavy atom. The second kappa shape index (κ2) is 17.0. The third kappa shape index (κ3) is 6.88. The van der Waals surface area contributed by atoms with Gasteiger partial charge in [-0.2, -0.15) is 0 Å². The van der Waals surface area contributed by atoms with E-state index in [1.165, 1.54) is 0 Å². The topological polar surface area (TPSA) is 77.3 Å². The van der Waals surface area contributed by atoms with Crippen LogP contribution < -0.4 is 0 Å². The van der Waals surface area contributed by atoms with Crippen LogP contribution in [0.4, 0.5) is 0 Å². The molecule has 0 saturated heterocycles. The van der Waals surface area contributed by atoms with Crippen molar-refractivity contribution in [3.05, 3.63) is 244 Å². The first kappa shape index (κ1) is 41.2. The summed E-state index contributed by atoms with van der Waals surface area (Å²) in [4.78, 5) is 29.3. The summed E-state index contributed by atoms with van der Waals surface area (Å²) in [5.74, 6) is 0. The van der Waals surface area contributed by atoms with Crippen molar-refractivity contribution in [3.8, 4) is 78.0 Å². The molecule has 0 fully saturated rings. The van der Waals surface area contributed by atoms with Gasteiger partial charge in [0.15, 0.2) is 0 Å². The molecule has 14 rings (SSSR count). The van der Waals surface area contributed by atoms with Gasteiger partial charge in [-0.3, -0.25) is 29.9 Å². The summed E-state index contributed by atoms with van der Waals surface area (Å²) in [6.45, 7) is 0. The molecule has 6 heterocycles.